The average molecular weight is 499 g/mol. The van der Waals surface area contributed by atoms with Gasteiger partial charge >= 0.3 is 0 Å². The van der Waals surface area contributed by atoms with E-state index in [9.17, 15) is 19.2 Å². The van der Waals surface area contributed by atoms with E-state index in [2.05, 4.69) is 26.2 Å². The Hall–Kier alpha value is -3.07. The van der Waals surface area contributed by atoms with Gasteiger partial charge in [-0.3, -0.25) is 29.1 Å². The number of nitrogens with one attached hydrogen (secondary N) is 1. The van der Waals surface area contributed by atoms with E-state index in [1.807, 2.05) is 0 Å². The number of fused-ring (bicyclic) bond motifs is 1. The maximum atomic E-state index is 12.6. The summed E-state index contributed by atoms with van der Waals surface area (Å²) in [7, 11) is 0. The minimum Gasteiger partial charge on any atom is -0.349 e. The molecular weight excluding hydrogens is 476 g/mol. The molecule has 1 aromatic carbocycles. The van der Waals surface area contributed by atoms with Gasteiger partial charge in [0, 0.05) is 49.0 Å². The van der Waals surface area contributed by atoms with Crippen molar-refractivity contribution in [3.8, 4) is 0 Å². The summed E-state index contributed by atoms with van der Waals surface area (Å²) in [5.41, 5.74) is 1.32. The Morgan fingerprint density at radius 3 is 2.56 bits per heavy atom. The molecule has 0 saturated carbocycles. The molecule has 2 aliphatic rings. The lowest BCUT2D eigenvalue weighted by Gasteiger charge is -2.32. The molecule has 2 aliphatic heterocycles. The van der Waals surface area contributed by atoms with E-state index in [1.54, 1.807) is 41.4 Å². The molecule has 1 N–H and O–H groups in total. The Labute approximate surface area is 194 Å². The Morgan fingerprint density at radius 2 is 1.84 bits per heavy atom. The zero-order valence-electron chi connectivity index (χ0n) is 17.4. The third-order valence-electron chi connectivity index (χ3n) is 5.81. The van der Waals surface area contributed by atoms with Gasteiger partial charge in [0.15, 0.2) is 0 Å². The fourth-order valence-corrected chi connectivity index (χ4v) is 4.41. The molecule has 9 heteroatoms. The third-order valence-corrected chi connectivity index (χ3v) is 6.30. The lowest BCUT2D eigenvalue weighted by atomic mass is 10.0. The molecule has 0 bridgehead atoms. The van der Waals surface area contributed by atoms with Gasteiger partial charge in [0.05, 0.1) is 16.7 Å². The summed E-state index contributed by atoms with van der Waals surface area (Å²) in [5.74, 6) is -0.781. The molecule has 0 radical (unpaired) electrons. The van der Waals surface area contributed by atoms with Gasteiger partial charge in [-0.1, -0.05) is 15.9 Å². The van der Waals surface area contributed by atoms with Crippen molar-refractivity contribution in [2.24, 2.45) is 0 Å². The van der Waals surface area contributed by atoms with Crippen molar-refractivity contribution in [3.05, 3.63) is 63.9 Å². The number of likely N-dealkylation sites (tertiary alicyclic amines) is 1. The predicted molar refractivity (Wildman–Crippen MR) is 120 cm³/mol. The van der Waals surface area contributed by atoms with Crippen LogP contribution in [0.1, 0.15) is 56.8 Å². The van der Waals surface area contributed by atoms with Gasteiger partial charge < -0.3 is 10.2 Å². The summed E-state index contributed by atoms with van der Waals surface area (Å²) in [6.07, 6.45) is 5.21. The second-order valence-electron chi connectivity index (χ2n) is 7.93. The molecule has 166 valence electrons. The highest BCUT2D eigenvalue weighted by Gasteiger charge is 2.35. The number of aromatic nitrogens is 1. The highest BCUT2D eigenvalue weighted by molar-refractivity contribution is 9.10. The maximum absolute atomic E-state index is 12.6. The molecular formula is C23H23BrN4O4. The van der Waals surface area contributed by atoms with Crippen LogP contribution in [0.2, 0.25) is 0 Å². The normalized spacial score (nSPS) is 16.3. The number of carbonyl (C=O) groups excluding carboxylic acids is 4. The molecule has 0 aliphatic carbocycles. The van der Waals surface area contributed by atoms with Crippen LogP contribution in [0.4, 0.5) is 0 Å². The van der Waals surface area contributed by atoms with Crippen molar-refractivity contribution in [2.45, 2.75) is 31.7 Å². The van der Waals surface area contributed by atoms with Gasteiger partial charge in [0.1, 0.15) is 0 Å². The van der Waals surface area contributed by atoms with Crippen LogP contribution in [-0.2, 0) is 4.79 Å². The zero-order valence-corrected chi connectivity index (χ0v) is 19.0. The maximum Gasteiger partial charge on any atom is 0.261 e. The lowest BCUT2D eigenvalue weighted by molar-refractivity contribution is -0.132. The molecule has 1 fully saturated rings. The van der Waals surface area contributed by atoms with Crippen molar-refractivity contribution in [1.82, 2.24) is 20.1 Å². The molecule has 1 saturated heterocycles. The molecule has 4 amide bonds. The second-order valence-corrected chi connectivity index (χ2v) is 8.84. The van der Waals surface area contributed by atoms with Crippen LogP contribution in [0.15, 0.2) is 47.2 Å². The molecule has 3 heterocycles. The number of benzene rings is 1. The summed E-state index contributed by atoms with van der Waals surface area (Å²) >= 11 is 3.32. The van der Waals surface area contributed by atoms with Crippen LogP contribution < -0.4 is 5.32 Å². The first-order valence-electron chi connectivity index (χ1n) is 10.6. The van der Waals surface area contributed by atoms with Crippen LogP contribution in [0.3, 0.4) is 0 Å². The number of rotatable bonds is 6. The van der Waals surface area contributed by atoms with Crippen LogP contribution in [-0.4, -0.2) is 64.1 Å². The first kappa shape index (κ1) is 22.1. The minimum atomic E-state index is -0.316. The lowest BCUT2D eigenvalue weighted by Crippen LogP contribution is -2.46. The summed E-state index contributed by atoms with van der Waals surface area (Å²) in [6.45, 7) is 1.35. The van der Waals surface area contributed by atoms with Gasteiger partial charge in [-0.05, 0) is 49.6 Å². The SMILES string of the molecule is O=C(NC1CCN(C(=O)CCCN2C(=O)c3ccc(Br)cc3C2=O)CC1)c1cccnc1. The largest absolute Gasteiger partial charge is 0.349 e. The van der Waals surface area contributed by atoms with Gasteiger partial charge in [0.25, 0.3) is 17.7 Å². The third kappa shape index (κ3) is 4.72. The smallest absolute Gasteiger partial charge is 0.261 e. The van der Waals surface area contributed by atoms with Crippen LogP contribution in [0, 0.1) is 0 Å². The van der Waals surface area contributed by atoms with Crippen LogP contribution in [0.25, 0.3) is 0 Å². The fraction of sp³-hybridized carbons (Fsp3) is 0.348. The number of halogens is 1. The van der Waals surface area contributed by atoms with E-state index in [4.69, 9.17) is 0 Å². The first-order valence-corrected chi connectivity index (χ1v) is 11.4. The van der Waals surface area contributed by atoms with E-state index in [-0.39, 0.29) is 42.6 Å². The number of nitrogens with zero attached hydrogens (tertiary/aromatic N) is 3. The van der Waals surface area contributed by atoms with Gasteiger partial charge in [-0.25, -0.2) is 0 Å². The highest BCUT2D eigenvalue weighted by atomic mass is 79.9. The molecule has 1 aromatic heterocycles. The predicted octanol–water partition coefficient (Wildman–Crippen LogP) is 2.64. The molecule has 0 spiro atoms. The van der Waals surface area contributed by atoms with Crippen molar-refractivity contribution >= 4 is 39.6 Å². The molecule has 0 atom stereocenters. The van der Waals surface area contributed by atoms with Gasteiger partial charge in [0.2, 0.25) is 5.91 Å². The monoisotopic (exact) mass is 498 g/mol. The Bertz CT molecular complexity index is 1050. The number of hydrogen-bond donors (Lipinski definition) is 1. The summed E-state index contributed by atoms with van der Waals surface area (Å²) in [5, 5.41) is 3.00. The molecule has 2 aromatic rings. The summed E-state index contributed by atoms with van der Waals surface area (Å²) in [6, 6.07) is 8.48. The second kappa shape index (κ2) is 9.60. The molecule has 0 unspecified atom stereocenters. The Balaban J connectivity index is 1.21. The fourth-order valence-electron chi connectivity index (χ4n) is 4.05. The average Bonchev–Trinajstić information content (AvgIpc) is 3.04. The number of amides is 4. The quantitative estimate of drug-likeness (QED) is 0.617. The number of pyridine rings is 1. The summed E-state index contributed by atoms with van der Waals surface area (Å²) < 4.78 is 0.745. The molecule has 32 heavy (non-hydrogen) atoms. The number of carbonyl (C=O) groups is 4. The van der Waals surface area contributed by atoms with Crippen molar-refractivity contribution in [1.29, 1.82) is 0 Å². The highest BCUT2D eigenvalue weighted by Crippen LogP contribution is 2.26. The Kier molecular flexibility index (Phi) is 6.64. The molecule has 8 nitrogen and oxygen atoms in total. The van der Waals surface area contributed by atoms with Crippen molar-refractivity contribution < 1.29 is 19.2 Å². The standard InChI is InChI=1S/C23H23BrN4O4/c24-16-5-6-18-19(13-16)23(32)28(22(18)31)10-2-4-20(29)27-11-7-17(8-12-27)26-21(30)15-3-1-9-25-14-15/h1,3,5-6,9,13-14,17H,2,4,7-8,10-12H2,(H,26,30). The minimum absolute atomic E-state index is 0.00129. The van der Waals surface area contributed by atoms with E-state index in [1.165, 1.54) is 11.1 Å². The van der Waals surface area contributed by atoms with Crippen molar-refractivity contribution in [3.63, 3.8) is 0 Å². The number of piperidine rings is 1. The van der Waals surface area contributed by atoms with Crippen LogP contribution in [0.5, 0.6) is 0 Å². The van der Waals surface area contributed by atoms with E-state index >= 15 is 0 Å². The topological polar surface area (TPSA) is 99.7 Å². The molecule has 4 rings (SSSR count). The van der Waals surface area contributed by atoms with Gasteiger partial charge in [-0.15, -0.1) is 0 Å². The van der Waals surface area contributed by atoms with Gasteiger partial charge in [-0.2, -0.15) is 0 Å². The van der Waals surface area contributed by atoms with E-state index in [0.717, 1.165) is 4.47 Å². The first-order chi connectivity index (χ1) is 15.4. The van der Waals surface area contributed by atoms with E-state index < -0.39 is 0 Å². The van der Waals surface area contributed by atoms with E-state index in [0.29, 0.717) is 49.0 Å². The number of imide groups is 1. The van der Waals surface area contributed by atoms with Crippen LogP contribution >= 0.6 is 15.9 Å². The number of hydrogen-bond acceptors (Lipinski definition) is 5. The van der Waals surface area contributed by atoms with Crippen molar-refractivity contribution in [2.75, 3.05) is 19.6 Å². The Morgan fingerprint density at radius 1 is 1.09 bits per heavy atom. The summed E-state index contributed by atoms with van der Waals surface area (Å²) in [4.78, 5) is 56.8. The zero-order chi connectivity index (χ0) is 22.7.